The molecular formula is C13H14N2O3. The number of carbonyl (C=O) groups is 1. The van der Waals surface area contributed by atoms with E-state index >= 15 is 0 Å². The van der Waals surface area contributed by atoms with Crippen molar-refractivity contribution in [3.05, 3.63) is 42.2 Å². The maximum Gasteiger partial charge on any atom is 0.284 e. The molecule has 5 nitrogen and oxygen atoms in total. The summed E-state index contributed by atoms with van der Waals surface area (Å²) < 4.78 is 11.7. The van der Waals surface area contributed by atoms with E-state index in [1.165, 1.54) is 4.68 Å². The van der Waals surface area contributed by atoms with E-state index in [1.54, 1.807) is 43.6 Å². The van der Waals surface area contributed by atoms with E-state index in [1.807, 2.05) is 6.92 Å². The van der Waals surface area contributed by atoms with Crippen molar-refractivity contribution >= 4 is 5.91 Å². The zero-order valence-electron chi connectivity index (χ0n) is 10.3. The van der Waals surface area contributed by atoms with Crippen molar-refractivity contribution < 1.29 is 14.3 Å². The Labute approximate surface area is 105 Å². The minimum Gasteiger partial charge on any atom is -0.497 e. The Morgan fingerprint density at radius 2 is 1.89 bits per heavy atom. The smallest absolute Gasteiger partial charge is 0.284 e. The number of hydrogen-bond donors (Lipinski definition) is 0. The largest absolute Gasteiger partial charge is 0.497 e. The molecule has 0 aliphatic rings. The molecule has 0 atom stereocenters. The molecule has 0 amide bonds. The van der Waals surface area contributed by atoms with Crippen molar-refractivity contribution in [3.63, 3.8) is 0 Å². The molecule has 0 fully saturated rings. The summed E-state index contributed by atoms with van der Waals surface area (Å²) in [4.78, 5) is 11.7. The summed E-state index contributed by atoms with van der Waals surface area (Å²) in [6, 6.07) is 8.82. The molecule has 5 heteroatoms. The van der Waals surface area contributed by atoms with Crippen LogP contribution in [0.1, 0.15) is 10.5 Å². The number of carbonyl (C=O) groups excluding carboxylic acids is 1. The molecule has 18 heavy (non-hydrogen) atoms. The first-order valence-corrected chi connectivity index (χ1v) is 5.51. The summed E-state index contributed by atoms with van der Waals surface area (Å²) in [5.74, 6) is 1.16. The van der Waals surface area contributed by atoms with Crippen molar-refractivity contribution in [1.29, 1.82) is 0 Å². The van der Waals surface area contributed by atoms with Crippen LogP contribution in [0.25, 0.3) is 0 Å². The molecule has 0 saturated heterocycles. The highest BCUT2D eigenvalue weighted by Crippen LogP contribution is 2.16. The summed E-state index contributed by atoms with van der Waals surface area (Å²) in [5.41, 5.74) is 0.799. The Kier molecular flexibility index (Phi) is 3.62. The molecule has 0 N–H and O–H groups in total. The molecule has 0 aliphatic carbocycles. The number of aromatic nitrogens is 2. The fraction of sp³-hybridized carbons (Fsp3) is 0.231. The lowest BCUT2D eigenvalue weighted by molar-refractivity contribution is 0.0820. The van der Waals surface area contributed by atoms with Gasteiger partial charge in [0.2, 0.25) is 0 Å². The Bertz CT molecular complexity index is 531. The number of benzene rings is 1. The number of rotatable bonds is 4. The molecule has 1 aromatic heterocycles. The van der Waals surface area contributed by atoms with Crippen LogP contribution in [0.4, 0.5) is 0 Å². The molecule has 0 spiro atoms. The summed E-state index contributed by atoms with van der Waals surface area (Å²) in [5, 5.41) is 4.02. The number of aryl methyl sites for hydroxylation is 1. The predicted octanol–water partition coefficient (Wildman–Crippen LogP) is 1.92. The minimum absolute atomic E-state index is 0.0482. The van der Waals surface area contributed by atoms with Gasteiger partial charge in [0.25, 0.3) is 5.91 Å². The van der Waals surface area contributed by atoms with Gasteiger partial charge in [0.15, 0.2) is 6.61 Å². The maximum atomic E-state index is 11.7. The van der Waals surface area contributed by atoms with Crippen LogP contribution in [0.5, 0.6) is 11.5 Å². The fourth-order valence-corrected chi connectivity index (χ4v) is 1.44. The van der Waals surface area contributed by atoms with E-state index in [0.29, 0.717) is 5.75 Å². The number of ether oxygens (including phenoxy) is 2. The van der Waals surface area contributed by atoms with E-state index in [9.17, 15) is 4.79 Å². The van der Waals surface area contributed by atoms with Crippen molar-refractivity contribution in [1.82, 2.24) is 9.78 Å². The normalized spacial score (nSPS) is 10.1. The third kappa shape index (κ3) is 2.88. The topological polar surface area (TPSA) is 53.4 Å². The highest BCUT2D eigenvalue weighted by molar-refractivity contribution is 5.79. The van der Waals surface area contributed by atoms with Crippen LogP contribution >= 0.6 is 0 Å². The summed E-state index contributed by atoms with van der Waals surface area (Å²) in [6.45, 7) is 1.78. The number of methoxy groups -OCH3 is 1. The first-order chi connectivity index (χ1) is 8.69. The standard InChI is InChI=1S/C13H14N2O3/c1-10-7-8-15(14-10)13(16)9-18-12-5-3-11(17-2)4-6-12/h3-8H,9H2,1-2H3. The molecule has 94 valence electrons. The van der Waals surface area contributed by atoms with E-state index < -0.39 is 0 Å². The Morgan fingerprint density at radius 1 is 1.22 bits per heavy atom. The highest BCUT2D eigenvalue weighted by atomic mass is 16.5. The molecule has 0 bridgehead atoms. The van der Waals surface area contributed by atoms with Crippen molar-refractivity contribution in [3.8, 4) is 11.5 Å². The van der Waals surface area contributed by atoms with Crippen LogP contribution in [0.15, 0.2) is 36.5 Å². The Balaban J connectivity index is 1.92. The van der Waals surface area contributed by atoms with Gasteiger partial charge >= 0.3 is 0 Å². The first-order valence-electron chi connectivity index (χ1n) is 5.51. The van der Waals surface area contributed by atoms with E-state index in [4.69, 9.17) is 9.47 Å². The van der Waals surface area contributed by atoms with Crippen molar-refractivity contribution in [2.45, 2.75) is 6.92 Å². The SMILES string of the molecule is COc1ccc(OCC(=O)n2ccc(C)n2)cc1. The average Bonchev–Trinajstić information content (AvgIpc) is 2.83. The number of nitrogens with zero attached hydrogens (tertiary/aromatic N) is 2. The Hall–Kier alpha value is -2.30. The zero-order chi connectivity index (χ0) is 13.0. The fourth-order valence-electron chi connectivity index (χ4n) is 1.44. The Morgan fingerprint density at radius 3 is 2.44 bits per heavy atom. The molecule has 1 aromatic carbocycles. The molecule has 0 aliphatic heterocycles. The van der Waals surface area contributed by atoms with Gasteiger partial charge in [0, 0.05) is 6.20 Å². The van der Waals surface area contributed by atoms with Gasteiger partial charge in [-0.05, 0) is 37.3 Å². The van der Waals surface area contributed by atoms with Gasteiger partial charge in [-0.15, -0.1) is 0 Å². The molecule has 0 radical (unpaired) electrons. The van der Waals surface area contributed by atoms with E-state index in [2.05, 4.69) is 5.10 Å². The van der Waals surface area contributed by atoms with Gasteiger partial charge in [-0.1, -0.05) is 0 Å². The van der Waals surface area contributed by atoms with Gasteiger partial charge < -0.3 is 9.47 Å². The lowest BCUT2D eigenvalue weighted by Gasteiger charge is -2.06. The van der Waals surface area contributed by atoms with Crippen LogP contribution in [0.3, 0.4) is 0 Å². The summed E-state index contributed by atoms with van der Waals surface area (Å²) >= 11 is 0. The van der Waals surface area contributed by atoms with Crippen LogP contribution in [-0.4, -0.2) is 29.4 Å². The third-order valence-electron chi connectivity index (χ3n) is 2.40. The molecule has 0 unspecified atom stereocenters. The van der Waals surface area contributed by atoms with Gasteiger partial charge in [0.1, 0.15) is 11.5 Å². The van der Waals surface area contributed by atoms with Crippen LogP contribution in [0, 0.1) is 6.92 Å². The first kappa shape index (κ1) is 12.2. The third-order valence-corrected chi connectivity index (χ3v) is 2.40. The molecule has 2 rings (SSSR count). The highest BCUT2D eigenvalue weighted by Gasteiger charge is 2.06. The van der Waals surface area contributed by atoms with Gasteiger partial charge in [-0.3, -0.25) is 4.79 Å². The monoisotopic (exact) mass is 246 g/mol. The van der Waals surface area contributed by atoms with E-state index in [-0.39, 0.29) is 12.5 Å². The second-order valence-corrected chi connectivity index (χ2v) is 3.76. The molecule has 2 aromatic rings. The van der Waals surface area contributed by atoms with Gasteiger partial charge in [-0.2, -0.15) is 5.10 Å². The van der Waals surface area contributed by atoms with Crippen LogP contribution < -0.4 is 9.47 Å². The second-order valence-electron chi connectivity index (χ2n) is 3.76. The average molecular weight is 246 g/mol. The van der Waals surface area contributed by atoms with E-state index in [0.717, 1.165) is 11.4 Å². The quantitative estimate of drug-likeness (QED) is 0.827. The van der Waals surface area contributed by atoms with Crippen molar-refractivity contribution in [2.75, 3.05) is 13.7 Å². The number of hydrogen-bond acceptors (Lipinski definition) is 4. The summed E-state index contributed by atoms with van der Waals surface area (Å²) in [7, 11) is 1.60. The lowest BCUT2D eigenvalue weighted by atomic mass is 10.3. The van der Waals surface area contributed by atoms with Crippen molar-refractivity contribution in [2.24, 2.45) is 0 Å². The second kappa shape index (κ2) is 5.35. The van der Waals surface area contributed by atoms with Gasteiger partial charge in [-0.25, -0.2) is 4.68 Å². The maximum absolute atomic E-state index is 11.7. The van der Waals surface area contributed by atoms with Crippen LogP contribution in [-0.2, 0) is 0 Å². The van der Waals surface area contributed by atoms with Crippen LogP contribution in [0.2, 0.25) is 0 Å². The predicted molar refractivity (Wildman–Crippen MR) is 66.1 cm³/mol. The zero-order valence-corrected chi connectivity index (χ0v) is 10.3. The molecule has 1 heterocycles. The lowest BCUT2D eigenvalue weighted by Crippen LogP contribution is -2.19. The summed E-state index contributed by atoms with van der Waals surface area (Å²) in [6.07, 6.45) is 1.62. The molecule has 0 saturated carbocycles. The molecular weight excluding hydrogens is 232 g/mol. The minimum atomic E-state index is -0.209. The van der Waals surface area contributed by atoms with Gasteiger partial charge in [0.05, 0.1) is 12.8 Å².